The third-order valence-electron chi connectivity index (χ3n) is 5.81. The smallest absolute Gasteiger partial charge is 0.119 e. The number of benzene rings is 1. The molecule has 2 rings (SSSR count). The first kappa shape index (κ1) is 20.1. The van der Waals surface area contributed by atoms with Crippen molar-refractivity contribution in [2.75, 3.05) is 6.61 Å². The summed E-state index contributed by atoms with van der Waals surface area (Å²) in [4.78, 5) is 0. The van der Waals surface area contributed by atoms with Gasteiger partial charge in [0.05, 0.1) is 0 Å². The molecule has 1 aliphatic rings. The summed E-state index contributed by atoms with van der Waals surface area (Å²) in [5.74, 6) is 2.93. The van der Waals surface area contributed by atoms with E-state index in [1.165, 1.54) is 82.6 Å². The van der Waals surface area contributed by atoms with Crippen LogP contribution in [0.5, 0.6) is 5.75 Å². The van der Waals surface area contributed by atoms with Gasteiger partial charge in [-0.15, -0.1) is 0 Å². The van der Waals surface area contributed by atoms with Crippen LogP contribution in [0.15, 0.2) is 36.9 Å². The molecule has 0 bridgehead atoms. The number of aryl methyl sites for hydroxylation is 1. The van der Waals surface area contributed by atoms with Crippen molar-refractivity contribution >= 4 is 0 Å². The maximum absolute atomic E-state index is 5.55. The third kappa shape index (κ3) is 8.12. The summed E-state index contributed by atoms with van der Waals surface area (Å²) in [7, 11) is 0. The number of ether oxygens (including phenoxy) is 1. The van der Waals surface area contributed by atoms with Crippen LogP contribution in [-0.4, -0.2) is 6.61 Å². The van der Waals surface area contributed by atoms with Crippen LogP contribution in [0.1, 0.15) is 83.1 Å². The molecule has 0 aliphatic heterocycles. The van der Waals surface area contributed by atoms with Crippen LogP contribution >= 0.6 is 0 Å². The highest BCUT2D eigenvalue weighted by molar-refractivity contribution is 5.27. The summed E-state index contributed by atoms with van der Waals surface area (Å²) >= 11 is 0. The van der Waals surface area contributed by atoms with E-state index in [9.17, 15) is 0 Å². The molecular formula is C24H38O. The van der Waals surface area contributed by atoms with Crippen molar-refractivity contribution in [3.63, 3.8) is 0 Å². The SMILES string of the molecule is C=CCOc1ccc(CCC2CCC(CCCCCCC)CC2)cc1. The van der Waals surface area contributed by atoms with E-state index < -0.39 is 0 Å². The average molecular weight is 343 g/mol. The molecule has 25 heavy (non-hydrogen) atoms. The lowest BCUT2D eigenvalue weighted by molar-refractivity contribution is 0.248. The van der Waals surface area contributed by atoms with Gasteiger partial charge in [0.15, 0.2) is 0 Å². The van der Waals surface area contributed by atoms with E-state index in [2.05, 4.69) is 37.8 Å². The molecule has 0 saturated heterocycles. The molecule has 1 nitrogen and oxygen atoms in total. The van der Waals surface area contributed by atoms with Gasteiger partial charge in [0, 0.05) is 0 Å². The Balaban J connectivity index is 1.58. The lowest BCUT2D eigenvalue weighted by Crippen LogP contribution is -2.15. The van der Waals surface area contributed by atoms with E-state index in [-0.39, 0.29) is 0 Å². The molecular weight excluding hydrogens is 304 g/mol. The fraction of sp³-hybridized carbons (Fsp3) is 0.667. The molecule has 0 unspecified atom stereocenters. The van der Waals surface area contributed by atoms with Crippen molar-refractivity contribution in [3.05, 3.63) is 42.5 Å². The molecule has 0 radical (unpaired) electrons. The maximum atomic E-state index is 5.55. The van der Waals surface area contributed by atoms with Crippen molar-refractivity contribution in [2.24, 2.45) is 11.8 Å². The van der Waals surface area contributed by atoms with Gasteiger partial charge in [-0.2, -0.15) is 0 Å². The van der Waals surface area contributed by atoms with E-state index in [4.69, 9.17) is 4.74 Å². The Labute approximate surface area is 155 Å². The van der Waals surface area contributed by atoms with Gasteiger partial charge in [0.1, 0.15) is 12.4 Å². The lowest BCUT2D eigenvalue weighted by Gasteiger charge is -2.28. The second-order valence-electron chi connectivity index (χ2n) is 7.87. The van der Waals surface area contributed by atoms with Crippen LogP contribution in [0, 0.1) is 11.8 Å². The molecule has 0 aromatic heterocycles. The molecule has 1 heteroatoms. The van der Waals surface area contributed by atoms with Gasteiger partial charge >= 0.3 is 0 Å². The van der Waals surface area contributed by atoms with Crippen LogP contribution in [0.25, 0.3) is 0 Å². The van der Waals surface area contributed by atoms with Crippen molar-refractivity contribution in [2.45, 2.75) is 84.0 Å². The van der Waals surface area contributed by atoms with E-state index in [1.54, 1.807) is 6.08 Å². The monoisotopic (exact) mass is 342 g/mol. The fourth-order valence-corrected chi connectivity index (χ4v) is 4.12. The van der Waals surface area contributed by atoms with E-state index >= 15 is 0 Å². The Kier molecular flexibility index (Phi) is 9.77. The fourth-order valence-electron chi connectivity index (χ4n) is 4.12. The largest absolute Gasteiger partial charge is 0.490 e. The van der Waals surface area contributed by atoms with Crippen LogP contribution in [0.3, 0.4) is 0 Å². The number of rotatable bonds is 12. The zero-order valence-corrected chi connectivity index (χ0v) is 16.3. The van der Waals surface area contributed by atoms with Gasteiger partial charge in [0.25, 0.3) is 0 Å². The summed E-state index contributed by atoms with van der Waals surface area (Å²) in [5.41, 5.74) is 1.45. The first-order valence-corrected chi connectivity index (χ1v) is 10.6. The van der Waals surface area contributed by atoms with Crippen LogP contribution in [0.2, 0.25) is 0 Å². The first-order valence-electron chi connectivity index (χ1n) is 10.6. The highest BCUT2D eigenvalue weighted by Crippen LogP contribution is 2.34. The van der Waals surface area contributed by atoms with Crippen molar-refractivity contribution in [1.82, 2.24) is 0 Å². The number of hydrogen-bond donors (Lipinski definition) is 0. The zero-order chi connectivity index (χ0) is 17.7. The minimum atomic E-state index is 0.585. The molecule has 0 heterocycles. The summed E-state index contributed by atoms with van der Waals surface area (Å²) in [6.45, 7) is 6.57. The normalized spacial score (nSPS) is 20.4. The highest BCUT2D eigenvalue weighted by atomic mass is 16.5. The predicted octanol–water partition coefficient (Wildman–Crippen LogP) is 7.35. The summed E-state index contributed by atoms with van der Waals surface area (Å²) in [6, 6.07) is 8.63. The Morgan fingerprint density at radius 2 is 1.56 bits per heavy atom. The molecule has 1 aliphatic carbocycles. The molecule has 140 valence electrons. The third-order valence-corrected chi connectivity index (χ3v) is 5.81. The van der Waals surface area contributed by atoms with E-state index in [1.807, 2.05) is 0 Å². The van der Waals surface area contributed by atoms with Crippen molar-refractivity contribution in [1.29, 1.82) is 0 Å². The van der Waals surface area contributed by atoms with Gasteiger partial charge in [-0.25, -0.2) is 0 Å². The molecule has 1 aromatic carbocycles. The standard InChI is InChI=1S/C24H38O/c1-3-5-6-7-8-9-21-10-12-22(13-11-21)14-15-23-16-18-24(19-17-23)25-20-4-2/h4,16-19,21-22H,2-3,5-15,20H2,1H3. The quantitative estimate of drug-likeness (QED) is 0.285. The Morgan fingerprint density at radius 3 is 2.20 bits per heavy atom. The summed E-state index contributed by atoms with van der Waals surface area (Å²) in [6.07, 6.45) is 18.9. The Bertz CT molecular complexity index is 453. The van der Waals surface area contributed by atoms with Crippen LogP contribution in [0.4, 0.5) is 0 Å². The number of hydrogen-bond acceptors (Lipinski definition) is 1. The van der Waals surface area contributed by atoms with Gasteiger partial charge in [0.2, 0.25) is 0 Å². The minimum absolute atomic E-state index is 0.585. The summed E-state index contributed by atoms with van der Waals surface area (Å²) < 4.78 is 5.55. The van der Waals surface area contributed by atoms with Gasteiger partial charge in [-0.3, -0.25) is 0 Å². The van der Waals surface area contributed by atoms with Gasteiger partial charge in [-0.1, -0.05) is 95.9 Å². The zero-order valence-electron chi connectivity index (χ0n) is 16.3. The van der Waals surface area contributed by atoms with E-state index in [0.717, 1.165) is 17.6 Å². The van der Waals surface area contributed by atoms with Crippen molar-refractivity contribution < 1.29 is 4.74 Å². The second kappa shape index (κ2) is 12.2. The molecule has 1 fully saturated rings. The molecule has 0 N–H and O–H groups in total. The van der Waals surface area contributed by atoms with E-state index in [0.29, 0.717) is 6.61 Å². The Hall–Kier alpha value is -1.24. The highest BCUT2D eigenvalue weighted by Gasteiger charge is 2.20. The second-order valence-corrected chi connectivity index (χ2v) is 7.87. The molecule has 0 spiro atoms. The van der Waals surface area contributed by atoms with Crippen LogP contribution in [-0.2, 0) is 6.42 Å². The molecule has 1 aromatic rings. The minimum Gasteiger partial charge on any atom is -0.490 e. The number of unbranched alkanes of at least 4 members (excludes halogenated alkanes) is 4. The van der Waals surface area contributed by atoms with Crippen LogP contribution < -0.4 is 4.74 Å². The Morgan fingerprint density at radius 1 is 0.920 bits per heavy atom. The average Bonchev–Trinajstić information content (AvgIpc) is 2.66. The van der Waals surface area contributed by atoms with Crippen molar-refractivity contribution in [3.8, 4) is 5.75 Å². The maximum Gasteiger partial charge on any atom is 0.119 e. The molecule has 1 saturated carbocycles. The molecule has 0 amide bonds. The first-order chi connectivity index (χ1) is 12.3. The lowest BCUT2D eigenvalue weighted by atomic mass is 9.78. The van der Waals surface area contributed by atoms with Gasteiger partial charge < -0.3 is 4.74 Å². The predicted molar refractivity (Wildman–Crippen MR) is 109 cm³/mol. The summed E-state index contributed by atoms with van der Waals surface area (Å²) in [5, 5.41) is 0. The van der Waals surface area contributed by atoms with Gasteiger partial charge in [-0.05, 0) is 42.4 Å². The topological polar surface area (TPSA) is 9.23 Å². The molecule has 0 atom stereocenters.